The highest BCUT2D eigenvalue weighted by atomic mass is 16.1. The first kappa shape index (κ1) is 3.33. The van der Waals surface area contributed by atoms with E-state index < -0.39 is 24.9 Å². The lowest BCUT2D eigenvalue weighted by Crippen LogP contribution is -2.18. The second kappa shape index (κ2) is 2.19. The van der Waals surface area contributed by atoms with Crippen molar-refractivity contribution in [3.05, 3.63) is 35.4 Å². The van der Waals surface area contributed by atoms with Crippen molar-refractivity contribution in [1.29, 1.82) is 0 Å². The van der Waals surface area contributed by atoms with Crippen molar-refractivity contribution in [1.82, 2.24) is 0 Å². The molecule has 0 saturated carbocycles. The lowest BCUT2D eigenvalue weighted by atomic mass is 10.0. The van der Waals surface area contributed by atoms with Crippen molar-refractivity contribution in [3.63, 3.8) is 0 Å². The Morgan fingerprint density at radius 1 is 1.42 bits per heavy atom. The van der Waals surface area contributed by atoms with Gasteiger partial charge in [0.25, 0.3) is 0 Å². The van der Waals surface area contributed by atoms with E-state index in [2.05, 4.69) is 0 Å². The topological polar surface area (TPSA) is 17.1 Å². The average molecular weight is 168 g/mol. The normalized spacial score (nSPS) is 28.8. The number of carbonyl (C=O) groups is 1. The third-order valence-corrected chi connectivity index (χ3v) is 2.11. The predicted octanol–water partition coefficient (Wildman–Crippen LogP) is 2.45. The molecule has 0 aromatic heterocycles. The molecule has 0 saturated heterocycles. The molecular weight excluding hydrogens is 150 g/mol. The van der Waals surface area contributed by atoms with Crippen LogP contribution in [0.3, 0.4) is 0 Å². The second-order valence-electron chi connectivity index (χ2n) is 3.07. The predicted molar refractivity (Wildman–Crippen MR) is 48.3 cm³/mol. The second-order valence-corrected chi connectivity index (χ2v) is 3.07. The van der Waals surface area contributed by atoms with Crippen LogP contribution in [0.5, 0.6) is 0 Å². The number of rotatable bonds is 0. The molecule has 1 aromatic carbocycles. The Morgan fingerprint density at radius 3 is 2.83 bits per heavy atom. The Labute approximate surface area is 80.8 Å². The van der Waals surface area contributed by atoms with Crippen LogP contribution in [0.2, 0.25) is 0 Å². The van der Waals surface area contributed by atoms with Crippen molar-refractivity contribution < 1.29 is 13.0 Å². The van der Waals surface area contributed by atoms with Gasteiger partial charge in [-0.05, 0) is 12.0 Å². The van der Waals surface area contributed by atoms with E-state index in [-0.39, 0.29) is 12.0 Å². The van der Waals surface area contributed by atoms with Gasteiger partial charge in [0.2, 0.25) is 0 Å². The summed E-state index contributed by atoms with van der Waals surface area (Å²) in [5.74, 6) is -0.793. The molecule has 62 valence electrons. The number of Topliss-reactive ketones (excluding diaryl/α,β-unsaturated/α-hetero) is 1. The summed E-state index contributed by atoms with van der Waals surface area (Å²) in [4.78, 5) is 12.3. The van der Waals surface area contributed by atoms with Gasteiger partial charge < -0.3 is 0 Å². The third kappa shape index (κ3) is 0.893. The largest absolute Gasteiger partial charge is 0.294 e. The van der Waals surface area contributed by atoms with Crippen molar-refractivity contribution in [3.8, 4) is 0 Å². The minimum Gasteiger partial charge on any atom is -0.294 e. The Hall–Kier alpha value is -1.11. The number of ketones is 1. The molecular formula is C11H12O. The molecule has 0 radical (unpaired) electrons. The van der Waals surface area contributed by atoms with Crippen molar-refractivity contribution in [2.24, 2.45) is 5.41 Å². The Morgan fingerprint density at radius 2 is 2.17 bits per heavy atom. The van der Waals surface area contributed by atoms with Gasteiger partial charge in [0, 0.05) is 19.2 Å². The van der Waals surface area contributed by atoms with Gasteiger partial charge in [-0.3, -0.25) is 4.79 Å². The molecule has 2 rings (SSSR count). The van der Waals surface area contributed by atoms with Crippen molar-refractivity contribution in [2.45, 2.75) is 20.1 Å². The van der Waals surface area contributed by atoms with E-state index in [1.54, 1.807) is 18.2 Å². The first-order chi connectivity index (χ1) is 8.11. The molecule has 1 aromatic rings. The summed E-state index contributed by atoms with van der Waals surface area (Å²) in [7, 11) is 0. The molecule has 0 atom stereocenters. The zero-order valence-electron chi connectivity index (χ0n) is 12.4. The number of fused-ring (bicyclic) bond motifs is 1. The maximum Gasteiger partial charge on any atom is 0.169 e. The highest BCUT2D eigenvalue weighted by Gasteiger charge is 2.36. The molecule has 0 unspecified atom stereocenters. The molecule has 1 aliphatic rings. The van der Waals surface area contributed by atoms with Gasteiger partial charge in [0.1, 0.15) is 0 Å². The van der Waals surface area contributed by atoms with Gasteiger partial charge in [0.15, 0.2) is 5.78 Å². The van der Waals surface area contributed by atoms with Crippen LogP contribution in [0.25, 0.3) is 0 Å². The first-order valence-corrected chi connectivity index (χ1v) is 3.74. The molecule has 1 aliphatic carbocycles. The molecule has 0 heterocycles. The highest BCUT2D eigenvalue weighted by Crippen LogP contribution is 2.35. The fourth-order valence-electron chi connectivity index (χ4n) is 1.49. The summed E-state index contributed by atoms with van der Waals surface area (Å²) in [5, 5.41) is 0. The summed E-state index contributed by atoms with van der Waals surface area (Å²) >= 11 is 0. The van der Waals surface area contributed by atoms with Gasteiger partial charge in [-0.15, -0.1) is 0 Å². The molecule has 0 fully saturated rings. The van der Waals surface area contributed by atoms with Crippen molar-refractivity contribution in [2.75, 3.05) is 0 Å². The summed E-state index contributed by atoms with van der Waals surface area (Å²) < 4.78 is 44.9. The average Bonchev–Trinajstić information content (AvgIpc) is 2.52. The minimum atomic E-state index is -2.85. The Balaban J connectivity index is 2.66. The van der Waals surface area contributed by atoms with Crippen LogP contribution in [-0.4, -0.2) is 5.78 Å². The van der Waals surface area contributed by atoms with Crippen LogP contribution in [0, 0.1) is 5.41 Å². The molecule has 0 spiro atoms. The summed E-state index contributed by atoms with van der Waals surface area (Å²) in [6, 6.07) is 6.36. The summed E-state index contributed by atoms with van der Waals surface area (Å²) in [6.45, 7) is -5.71. The molecule has 12 heavy (non-hydrogen) atoms. The van der Waals surface area contributed by atoms with Crippen LogP contribution in [-0.2, 0) is 6.42 Å². The highest BCUT2D eigenvalue weighted by molar-refractivity contribution is 6.04. The Bertz CT molecular complexity index is 485. The smallest absolute Gasteiger partial charge is 0.169 e. The van der Waals surface area contributed by atoms with E-state index in [1.165, 1.54) is 6.07 Å². The third-order valence-electron chi connectivity index (χ3n) is 2.11. The monoisotopic (exact) mass is 168 g/mol. The van der Waals surface area contributed by atoms with Gasteiger partial charge in [0.05, 0.1) is 0 Å². The molecule has 0 bridgehead atoms. The van der Waals surface area contributed by atoms with Crippen LogP contribution in [0.15, 0.2) is 24.3 Å². The summed E-state index contributed by atoms with van der Waals surface area (Å²) in [6.07, 6.45) is -0.255. The fraction of sp³-hybridized carbons (Fsp3) is 0.364. The van der Waals surface area contributed by atoms with Crippen LogP contribution >= 0.6 is 0 Å². The van der Waals surface area contributed by atoms with Gasteiger partial charge >= 0.3 is 0 Å². The van der Waals surface area contributed by atoms with Gasteiger partial charge in [-0.25, -0.2) is 0 Å². The van der Waals surface area contributed by atoms with E-state index in [0.717, 1.165) is 0 Å². The quantitative estimate of drug-likeness (QED) is 0.544. The number of carbonyl (C=O) groups excluding carboxylic acids is 1. The van der Waals surface area contributed by atoms with E-state index in [9.17, 15) is 4.79 Å². The van der Waals surface area contributed by atoms with Crippen LogP contribution < -0.4 is 0 Å². The minimum absolute atomic E-state index is 0.213. The van der Waals surface area contributed by atoms with Gasteiger partial charge in [-0.2, -0.15) is 0 Å². The SMILES string of the molecule is [2H][13C]([2H])([2H])C1([13C]([2H])([2H])[2H])Cc2ccccc2C1=O. The van der Waals surface area contributed by atoms with Gasteiger partial charge in [-0.1, -0.05) is 38.0 Å². The number of hydrogen-bond acceptors (Lipinski definition) is 1. The number of hydrogen-bond donors (Lipinski definition) is 0. The zero-order valence-corrected chi connectivity index (χ0v) is 6.42. The first-order valence-electron chi connectivity index (χ1n) is 6.74. The van der Waals surface area contributed by atoms with E-state index >= 15 is 0 Å². The van der Waals surface area contributed by atoms with E-state index in [4.69, 9.17) is 8.22 Å². The van der Waals surface area contributed by atoms with Crippen LogP contribution in [0.4, 0.5) is 0 Å². The lowest BCUT2D eigenvalue weighted by Gasteiger charge is -2.12. The standard InChI is InChI=1S/C11H12O/c1-11(2)7-8-5-3-4-6-9(8)10(11)12/h3-6H,7H2,1-2H3/i1+1D3,2+1D3. The fourth-order valence-corrected chi connectivity index (χ4v) is 1.49. The Kier molecular flexibility index (Phi) is 0.608. The molecule has 1 nitrogen and oxygen atoms in total. The number of benzene rings is 1. The van der Waals surface area contributed by atoms with E-state index in [1.807, 2.05) is 0 Å². The van der Waals surface area contributed by atoms with Crippen molar-refractivity contribution >= 4 is 5.78 Å². The maximum atomic E-state index is 12.3. The van der Waals surface area contributed by atoms with E-state index in [0.29, 0.717) is 5.56 Å². The summed E-state index contributed by atoms with van der Waals surface area (Å²) in [5.41, 5.74) is -1.59. The molecule has 0 amide bonds. The lowest BCUT2D eigenvalue weighted by molar-refractivity contribution is 0.0863. The maximum absolute atomic E-state index is 12.3. The van der Waals surface area contributed by atoms with Crippen LogP contribution in [0.1, 0.15) is 37.8 Å². The molecule has 1 heteroatoms. The zero-order chi connectivity index (χ0) is 13.8. The molecule has 0 N–H and O–H groups in total. The molecule has 0 aliphatic heterocycles.